The van der Waals surface area contributed by atoms with E-state index in [0.29, 0.717) is 35.5 Å². The lowest BCUT2D eigenvalue weighted by atomic mass is 9.89. The van der Waals surface area contributed by atoms with Crippen molar-refractivity contribution in [2.24, 2.45) is 13.0 Å². The fraction of sp³-hybridized carbons (Fsp3) is 0.447. The second kappa shape index (κ2) is 17.9. The van der Waals surface area contributed by atoms with E-state index < -0.39 is 11.9 Å². The van der Waals surface area contributed by atoms with E-state index in [9.17, 15) is 19.2 Å². The number of aromatic nitrogens is 4. The topological polar surface area (TPSA) is 138 Å². The molecule has 2 aromatic heterocycles. The SMILES string of the molecule is Cn1c(=O)n(C2CCC(=O)NC2=O)c2ccc(C3CCN(CCN4CCC(C(=O)N5CCC[C@H](Nc6ncc(Cl)c(-c7cccc(-c8ccccc8)c7)n6)C5)CC4)CC3)cc21. The standard InChI is InChI=1S/C47H54ClN9O4/c1-53-41-28-35(12-13-39(41)57(47(53)61)40-14-15-42(58)51-44(40)59)32-16-21-54(22-17-32)25-26-55-23-18-33(19-24-55)45(60)56-20-6-11-37(30-56)50-46-49-29-38(48)43(52-46)36-10-5-9-34(27-36)31-7-3-2-4-8-31/h2-5,7-10,12-13,27-29,32-33,37,40H,6,11,14-26,30H2,1H3,(H,49,50,52)(H,51,58,59)/t37-,40?/m0/s1. The van der Waals surface area contributed by atoms with Crippen LogP contribution in [0.1, 0.15) is 68.9 Å². The van der Waals surface area contributed by atoms with Crippen LogP contribution in [0.15, 0.2) is 83.8 Å². The minimum atomic E-state index is -0.678. The highest BCUT2D eigenvalue weighted by Gasteiger charge is 2.34. The van der Waals surface area contributed by atoms with E-state index >= 15 is 0 Å². The van der Waals surface area contributed by atoms with E-state index in [2.05, 4.69) is 66.7 Å². The van der Waals surface area contributed by atoms with Crippen LogP contribution in [0.4, 0.5) is 5.95 Å². The minimum Gasteiger partial charge on any atom is -0.350 e. The summed E-state index contributed by atoms with van der Waals surface area (Å²) < 4.78 is 3.17. The Balaban J connectivity index is 0.730. The highest BCUT2D eigenvalue weighted by atomic mass is 35.5. The third-order valence-electron chi connectivity index (χ3n) is 13.4. The number of carbonyl (C=O) groups is 3. The van der Waals surface area contributed by atoms with Crippen molar-refractivity contribution in [1.82, 2.24) is 39.1 Å². The molecule has 4 saturated heterocycles. The smallest absolute Gasteiger partial charge is 0.329 e. The fourth-order valence-electron chi connectivity index (χ4n) is 9.89. The van der Waals surface area contributed by atoms with E-state index in [1.807, 2.05) is 36.4 Å². The first-order valence-electron chi connectivity index (χ1n) is 21.9. The summed E-state index contributed by atoms with van der Waals surface area (Å²) in [6.45, 7) is 7.35. The number of aryl methyl sites for hydroxylation is 1. The van der Waals surface area contributed by atoms with Crippen molar-refractivity contribution in [2.75, 3.05) is 57.7 Å². The van der Waals surface area contributed by atoms with Gasteiger partial charge in [-0.2, -0.15) is 0 Å². The van der Waals surface area contributed by atoms with Gasteiger partial charge in [-0.1, -0.05) is 66.2 Å². The number of piperidine rings is 4. The number of anilines is 1. The van der Waals surface area contributed by atoms with Crippen LogP contribution in [-0.2, 0) is 21.4 Å². The van der Waals surface area contributed by atoms with Crippen molar-refractivity contribution < 1.29 is 14.4 Å². The second-order valence-electron chi connectivity index (χ2n) is 17.3. The number of nitrogens with zero attached hydrogens (tertiary/aromatic N) is 7. The first kappa shape index (κ1) is 41.0. The average Bonchev–Trinajstić information content (AvgIpc) is 3.54. The molecule has 6 heterocycles. The predicted molar refractivity (Wildman–Crippen MR) is 237 cm³/mol. The Morgan fingerprint density at radius 3 is 2.28 bits per heavy atom. The first-order chi connectivity index (χ1) is 29.7. The van der Waals surface area contributed by atoms with Gasteiger partial charge >= 0.3 is 5.69 Å². The molecule has 4 aliphatic heterocycles. The molecule has 318 valence electrons. The zero-order valence-corrected chi connectivity index (χ0v) is 35.5. The maximum atomic E-state index is 13.8. The Kier molecular flexibility index (Phi) is 12.0. The van der Waals surface area contributed by atoms with E-state index in [1.54, 1.807) is 22.4 Å². The molecule has 0 spiro atoms. The third kappa shape index (κ3) is 8.87. The molecular formula is C47H54ClN9O4. The summed E-state index contributed by atoms with van der Waals surface area (Å²) in [5.74, 6) is 0.548. The summed E-state index contributed by atoms with van der Waals surface area (Å²) in [7, 11) is 1.75. The lowest BCUT2D eigenvalue weighted by Gasteiger charge is -2.39. The van der Waals surface area contributed by atoms with E-state index in [-0.39, 0.29) is 35.9 Å². The number of imide groups is 1. The highest BCUT2D eigenvalue weighted by Crippen LogP contribution is 2.33. The molecule has 0 bridgehead atoms. The Morgan fingerprint density at radius 1 is 0.803 bits per heavy atom. The van der Waals surface area contributed by atoms with Crippen molar-refractivity contribution >= 4 is 46.3 Å². The lowest BCUT2D eigenvalue weighted by molar-refractivity contribution is -0.138. The molecule has 0 radical (unpaired) electrons. The molecule has 1 unspecified atom stereocenters. The van der Waals surface area contributed by atoms with Gasteiger partial charge in [0.1, 0.15) is 6.04 Å². The van der Waals surface area contributed by atoms with Crippen molar-refractivity contribution in [3.05, 3.63) is 100 Å². The van der Waals surface area contributed by atoms with Gasteiger partial charge in [-0.3, -0.25) is 28.8 Å². The second-order valence-corrected chi connectivity index (χ2v) is 17.7. The molecule has 0 saturated carbocycles. The van der Waals surface area contributed by atoms with Gasteiger partial charge in [-0.15, -0.1) is 0 Å². The maximum Gasteiger partial charge on any atom is 0.329 e. The van der Waals surface area contributed by atoms with Crippen LogP contribution in [0.25, 0.3) is 33.4 Å². The molecule has 4 fully saturated rings. The number of hydrogen-bond donors (Lipinski definition) is 2. The van der Waals surface area contributed by atoms with Crippen LogP contribution < -0.4 is 16.3 Å². The highest BCUT2D eigenvalue weighted by molar-refractivity contribution is 6.33. The van der Waals surface area contributed by atoms with Crippen molar-refractivity contribution in [3.8, 4) is 22.4 Å². The van der Waals surface area contributed by atoms with Gasteiger partial charge in [0, 0.05) is 57.2 Å². The molecule has 4 aliphatic rings. The van der Waals surface area contributed by atoms with Crippen molar-refractivity contribution in [1.29, 1.82) is 0 Å². The number of carbonyl (C=O) groups excluding carboxylic acids is 3. The molecule has 61 heavy (non-hydrogen) atoms. The number of halogens is 1. The molecule has 3 aromatic carbocycles. The minimum absolute atomic E-state index is 0.0544. The molecule has 3 amide bonds. The number of benzene rings is 3. The van der Waals surface area contributed by atoms with Crippen LogP contribution in [-0.4, -0.2) is 110 Å². The fourth-order valence-corrected chi connectivity index (χ4v) is 10.1. The summed E-state index contributed by atoms with van der Waals surface area (Å²) >= 11 is 6.63. The van der Waals surface area contributed by atoms with Crippen LogP contribution in [0.5, 0.6) is 0 Å². The Hall–Kier alpha value is -5.37. The first-order valence-corrected chi connectivity index (χ1v) is 22.3. The summed E-state index contributed by atoms with van der Waals surface area (Å²) in [5, 5.41) is 6.40. The van der Waals surface area contributed by atoms with E-state index in [4.69, 9.17) is 16.6 Å². The molecule has 14 heteroatoms. The maximum absolute atomic E-state index is 13.8. The third-order valence-corrected chi connectivity index (χ3v) is 13.7. The Morgan fingerprint density at radius 2 is 1.52 bits per heavy atom. The van der Waals surface area contributed by atoms with Gasteiger partial charge in [0.25, 0.3) is 0 Å². The molecule has 13 nitrogen and oxygen atoms in total. The number of hydrogen-bond acceptors (Lipinski definition) is 9. The van der Waals surface area contributed by atoms with Crippen LogP contribution in [0.3, 0.4) is 0 Å². The number of nitrogens with one attached hydrogen (secondary N) is 2. The summed E-state index contributed by atoms with van der Waals surface area (Å²) in [6.07, 6.45) is 7.95. The van der Waals surface area contributed by atoms with Crippen LogP contribution >= 0.6 is 11.6 Å². The number of amides is 3. The lowest BCUT2D eigenvalue weighted by Crippen LogP contribution is -2.49. The molecule has 0 aliphatic carbocycles. The van der Waals surface area contributed by atoms with Crippen molar-refractivity contribution in [3.63, 3.8) is 0 Å². The summed E-state index contributed by atoms with van der Waals surface area (Å²) in [4.78, 5) is 67.9. The van der Waals surface area contributed by atoms with Crippen molar-refractivity contribution in [2.45, 2.75) is 69.4 Å². The van der Waals surface area contributed by atoms with Gasteiger partial charge in [0.05, 0.1) is 27.9 Å². The van der Waals surface area contributed by atoms with E-state index in [1.165, 1.54) is 5.56 Å². The van der Waals surface area contributed by atoms with Gasteiger partial charge in [0.2, 0.25) is 23.7 Å². The van der Waals surface area contributed by atoms with Gasteiger partial charge in [-0.25, -0.2) is 14.8 Å². The largest absolute Gasteiger partial charge is 0.350 e. The Labute approximate surface area is 361 Å². The number of rotatable bonds is 10. The van der Waals surface area contributed by atoms with Crippen LogP contribution in [0, 0.1) is 5.92 Å². The Bertz CT molecular complexity index is 2470. The molecule has 9 rings (SSSR count). The monoisotopic (exact) mass is 843 g/mol. The summed E-state index contributed by atoms with van der Waals surface area (Å²) in [5.41, 5.74) is 6.36. The summed E-state index contributed by atoms with van der Waals surface area (Å²) in [6, 6.07) is 24.1. The molecular weight excluding hydrogens is 790 g/mol. The van der Waals surface area contributed by atoms with Gasteiger partial charge in [0.15, 0.2) is 0 Å². The average molecular weight is 844 g/mol. The van der Waals surface area contributed by atoms with Gasteiger partial charge < -0.3 is 20.0 Å². The molecule has 2 atom stereocenters. The molecule has 5 aromatic rings. The number of likely N-dealkylation sites (tertiary alicyclic amines) is 3. The van der Waals surface area contributed by atoms with Gasteiger partial charge in [-0.05, 0) is 112 Å². The normalized spacial score (nSPS) is 21.2. The van der Waals surface area contributed by atoms with E-state index in [0.717, 1.165) is 112 Å². The predicted octanol–water partition coefficient (Wildman–Crippen LogP) is 6.09. The number of fused-ring (bicyclic) bond motifs is 1. The quantitative estimate of drug-likeness (QED) is 0.160. The zero-order chi connectivity index (χ0) is 42.0. The zero-order valence-electron chi connectivity index (χ0n) is 34.8. The molecule has 2 N–H and O–H groups in total. The number of imidazole rings is 1. The van der Waals surface area contributed by atoms with Crippen LogP contribution in [0.2, 0.25) is 5.02 Å².